The average Bonchev–Trinajstić information content (AvgIpc) is 3.02. The maximum Gasteiger partial charge on any atom is 0.416 e. The van der Waals surface area contributed by atoms with Crippen molar-refractivity contribution < 1.29 is 18.3 Å². The summed E-state index contributed by atoms with van der Waals surface area (Å²) in [6, 6.07) is 7.14. The third kappa shape index (κ3) is 3.76. The molecule has 1 aromatic carbocycles. The lowest BCUT2D eigenvalue weighted by atomic mass is 9.83. The standard InChI is InChI=1S/C17H18F3NOS/c18-17(19,20)15-3-1-2-14(10-15)16(22)5-7-21(8-6-16)11-13-4-9-23-12-13/h1-4,9-10,12,22H,5-8,11H2. The van der Waals surface area contributed by atoms with Gasteiger partial charge in [-0.25, -0.2) is 0 Å². The Labute approximate surface area is 137 Å². The second-order valence-electron chi connectivity index (χ2n) is 6.02. The third-order valence-electron chi connectivity index (χ3n) is 4.40. The molecule has 3 rings (SSSR count). The molecule has 2 nitrogen and oxygen atoms in total. The molecule has 0 aliphatic carbocycles. The fraction of sp³-hybridized carbons (Fsp3) is 0.412. The Hall–Kier alpha value is -1.37. The number of alkyl halides is 3. The first-order chi connectivity index (χ1) is 10.9. The molecule has 23 heavy (non-hydrogen) atoms. The summed E-state index contributed by atoms with van der Waals surface area (Å²) in [5.41, 5.74) is -0.280. The van der Waals surface area contributed by atoms with E-state index in [4.69, 9.17) is 0 Å². The van der Waals surface area contributed by atoms with Crippen molar-refractivity contribution in [1.29, 1.82) is 0 Å². The Morgan fingerprint density at radius 2 is 1.91 bits per heavy atom. The van der Waals surface area contributed by atoms with E-state index in [2.05, 4.69) is 16.3 Å². The molecule has 0 unspecified atom stereocenters. The molecule has 2 heterocycles. The van der Waals surface area contributed by atoms with E-state index in [0.717, 1.165) is 18.7 Å². The van der Waals surface area contributed by atoms with Gasteiger partial charge in [0, 0.05) is 19.6 Å². The molecule has 1 N–H and O–H groups in total. The Bertz CT molecular complexity index is 646. The highest BCUT2D eigenvalue weighted by atomic mass is 32.1. The number of thiophene rings is 1. The Morgan fingerprint density at radius 1 is 1.17 bits per heavy atom. The number of hydrogen-bond acceptors (Lipinski definition) is 3. The second-order valence-corrected chi connectivity index (χ2v) is 6.80. The molecular formula is C17H18F3NOS. The van der Waals surface area contributed by atoms with Crippen LogP contribution >= 0.6 is 11.3 Å². The zero-order valence-electron chi connectivity index (χ0n) is 12.5. The van der Waals surface area contributed by atoms with Crippen molar-refractivity contribution in [2.45, 2.75) is 31.2 Å². The number of piperidine rings is 1. The summed E-state index contributed by atoms with van der Waals surface area (Å²) in [5, 5.41) is 14.9. The van der Waals surface area contributed by atoms with Crippen molar-refractivity contribution in [3.05, 3.63) is 57.8 Å². The SMILES string of the molecule is OC1(c2cccc(C(F)(F)F)c2)CCN(Cc2ccsc2)CC1. The molecule has 124 valence electrons. The van der Waals surface area contributed by atoms with Crippen LogP contribution in [0.4, 0.5) is 13.2 Å². The molecule has 1 aliphatic heterocycles. The highest BCUT2D eigenvalue weighted by molar-refractivity contribution is 7.07. The van der Waals surface area contributed by atoms with Gasteiger partial charge in [-0.3, -0.25) is 4.90 Å². The van der Waals surface area contributed by atoms with E-state index in [-0.39, 0.29) is 0 Å². The third-order valence-corrected chi connectivity index (χ3v) is 5.13. The lowest BCUT2D eigenvalue weighted by Crippen LogP contribution is -2.42. The number of benzene rings is 1. The number of rotatable bonds is 3. The fourth-order valence-corrected chi connectivity index (χ4v) is 3.66. The van der Waals surface area contributed by atoms with Crippen molar-refractivity contribution in [2.24, 2.45) is 0 Å². The van der Waals surface area contributed by atoms with Crippen LogP contribution in [0.15, 0.2) is 41.1 Å². The molecule has 1 aromatic heterocycles. The summed E-state index contributed by atoms with van der Waals surface area (Å²) in [6.07, 6.45) is -3.50. The lowest BCUT2D eigenvalue weighted by molar-refractivity contribution is -0.137. The first kappa shape index (κ1) is 16.5. The second kappa shape index (κ2) is 6.26. The topological polar surface area (TPSA) is 23.5 Å². The molecule has 1 aliphatic rings. The maximum atomic E-state index is 12.8. The van der Waals surface area contributed by atoms with Crippen molar-refractivity contribution in [1.82, 2.24) is 4.90 Å². The minimum Gasteiger partial charge on any atom is -0.385 e. The Balaban J connectivity index is 1.69. The van der Waals surface area contributed by atoms with E-state index in [1.165, 1.54) is 11.6 Å². The van der Waals surface area contributed by atoms with E-state index in [1.54, 1.807) is 17.4 Å². The van der Waals surface area contributed by atoms with Gasteiger partial charge in [0.25, 0.3) is 0 Å². The van der Waals surface area contributed by atoms with Gasteiger partial charge in [-0.05, 0) is 52.9 Å². The van der Waals surface area contributed by atoms with Crippen LogP contribution in [-0.4, -0.2) is 23.1 Å². The lowest BCUT2D eigenvalue weighted by Gasteiger charge is -2.38. The molecule has 0 radical (unpaired) electrons. The van der Waals surface area contributed by atoms with Gasteiger partial charge >= 0.3 is 6.18 Å². The van der Waals surface area contributed by atoms with Gasteiger partial charge in [0.1, 0.15) is 0 Å². The monoisotopic (exact) mass is 341 g/mol. The molecule has 0 saturated carbocycles. The summed E-state index contributed by atoms with van der Waals surface area (Å²) >= 11 is 1.65. The van der Waals surface area contributed by atoms with Gasteiger partial charge < -0.3 is 5.11 Å². The molecule has 0 bridgehead atoms. The summed E-state index contributed by atoms with van der Waals surface area (Å²) in [7, 11) is 0. The number of hydrogen-bond donors (Lipinski definition) is 1. The van der Waals surface area contributed by atoms with Gasteiger partial charge in [0.2, 0.25) is 0 Å². The van der Waals surface area contributed by atoms with Gasteiger partial charge in [-0.15, -0.1) is 0 Å². The zero-order valence-corrected chi connectivity index (χ0v) is 13.3. The number of likely N-dealkylation sites (tertiary alicyclic amines) is 1. The van der Waals surface area contributed by atoms with Crippen LogP contribution in [-0.2, 0) is 18.3 Å². The van der Waals surface area contributed by atoms with Crippen LogP contribution in [0.3, 0.4) is 0 Å². The van der Waals surface area contributed by atoms with E-state index in [1.807, 2.05) is 5.38 Å². The summed E-state index contributed by atoms with van der Waals surface area (Å²) in [5.74, 6) is 0. The Kier molecular flexibility index (Phi) is 4.49. The first-order valence-corrected chi connectivity index (χ1v) is 8.45. The normalized spacial score (nSPS) is 19.0. The van der Waals surface area contributed by atoms with Crippen LogP contribution in [0.2, 0.25) is 0 Å². The molecule has 1 fully saturated rings. The molecular weight excluding hydrogens is 323 g/mol. The van der Waals surface area contributed by atoms with Crippen molar-refractivity contribution in [2.75, 3.05) is 13.1 Å². The Morgan fingerprint density at radius 3 is 2.52 bits per heavy atom. The average molecular weight is 341 g/mol. The van der Waals surface area contributed by atoms with Crippen molar-refractivity contribution in [3.63, 3.8) is 0 Å². The summed E-state index contributed by atoms with van der Waals surface area (Å²) < 4.78 is 38.5. The summed E-state index contributed by atoms with van der Waals surface area (Å²) in [4.78, 5) is 2.23. The van der Waals surface area contributed by atoms with E-state index in [0.29, 0.717) is 31.5 Å². The predicted octanol–water partition coefficient (Wildman–Crippen LogP) is 4.25. The van der Waals surface area contributed by atoms with Gasteiger partial charge in [0.05, 0.1) is 11.2 Å². The molecule has 0 atom stereocenters. The highest BCUT2D eigenvalue weighted by Crippen LogP contribution is 2.37. The number of nitrogens with zero attached hydrogens (tertiary/aromatic N) is 1. The van der Waals surface area contributed by atoms with Gasteiger partial charge in [-0.2, -0.15) is 24.5 Å². The molecule has 1 saturated heterocycles. The van der Waals surface area contributed by atoms with Gasteiger partial charge in [-0.1, -0.05) is 12.1 Å². The van der Waals surface area contributed by atoms with Crippen LogP contribution in [0.25, 0.3) is 0 Å². The first-order valence-electron chi connectivity index (χ1n) is 7.50. The largest absolute Gasteiger partial charge is 0.416 e. The van der Waals surface area contributed by atoms with Crippen LogP contribution in [0.1, 0.15) is 29.5 Å². The minimum atomic E-state index is -4.38. The smallest absolute Gasteiger partial charge is 0.385 e. The zero-order chi connectivity index (χ0) is 16.5. The predicted molar refractivity (Wildman–Crippen MR) is 84.2 cm³/mol. The maximum absolute atomic E-state index is 12.8. The molecule has 6 heteroatoms. The number of aliphatic hydroxyl groups is 1. The van der Waals surface area contributed by atoms with Crippen LogP contribution in [0, 0.1) is 0 Å². The van der Waals surface area contributed by atoms with Gasteiger partial charge in [0.15, 0.2) is 0 Å². The quantitative estimate of drug-likeness (QED) is 0.902. The van der Waals surface area contributed by atoms with Crippen molar-refractivity contribution >= 4 is 11.3 Å². The van der Waals surface area contributed by atoms with Crippen molar-refractivity contribution in [3.8, 4) is 0 Å². The van der Waals surface area contributed by atoms with Crippen LogP contribution in [0.5, 0.6) is 0 Å². The number of halogens is 3. The van der Waals surface area contributed by atoms with E-state index in [9.17, 15) is 18.3 Å². The van der Waals surface area contributed by atoms with E-state index >= 15 is 0 Å². The highest BCUT2D eigenvalue weighted by Gasteiger charge is 2.36. The molecule has 0 amide bonds. The molecule has 0 spiro atoms. The van der Waals surface area contributed by atoms with E-state index < -0.39 is 17.3 Å². The fourth-order valence-electron chi connectivity index (χ4n) is 3.00. The molecule has 2 aromatic rings. The van der Waals surface area contributed by atoms with Crippen LogP contribution < -0.4 is 0 Å². The minimum absolute atomic E-state index is 0.363. The summed E-state index contributed by atoms with van der Waals surface area (Å²) in [6.45, 7) is 2.16.